The van der Waals surface area contributed by atoms with Crippen LogP contribution >= 0.6 is 0 Å². The Morgan fingerprint density at radius 2 is 2.25 bits per heavy atom. The number of aryl methyl sites for hydroxylation is 1. The monoisotopic (exact) mass is 295 g/mol. The Labute approximate surface area is 115 Å². The van der Waals surface area contributed by atoms with Gasteiger partial charge in [0.05, 0.1) is 6.33 Å². The molecule has 0 fully saturated rings. The first-order chi connectivity index (χ1) is 9.42. The van der Waals surface area contributed by atoms with Crippen molar-refractivity contribution in [1.82, 2.24) is 9.55 Å². The second kappa shape index (κ2) is 5.21. The van der Waals surface area contributed by atoms with Crippen molar-refractivity contribution in [3.63, 3.8) is 0 Å². The molecule has 106 valence electrons. The van der Waals surface area contributed by atoms with Crippen LogP contribution < -0.4 is 10.5 Å². The first-order valence-electron chi connectivity index (χ1n) is 5.51. The van der Waals surface area contributed by atoms with E-state index in [4.69, 9.17) is 10.9 Å². The third kappa shape index (κ3) is 2.88. The number of amidine groups is 1. The molecule has 0 aliphatic carbocycles. The molecule has 8 nitrogen and oxygen atoms in total. The van der Waals surface area contributed by atoms with Crippen LogP contribution in [0.15, 0.2) is 47.0 Å². The highest BCUT2D eigenvalue weighted by atomic mass is 32.2. The third-order valence-corrected chi connectivity index (χ3v) is 3.74. The van der Waals surface area contributed by atoms with Crippen LogP contribution in [0.2, 0.25) is 0 Å². The van der Waals surface area contributed by atoms with E-state index in [0.29, 0.717) is 11.3 Å². The van der Waals surface area contributed by atoms with Crippen LogP contribution in [0.25, 0.3) is 0 Å². The summed E-state index contributed by atoms with van der Waals surface area (Å²) in [6.07, 6.45) is 2.77. The van der Waals surface area contributed by atoms with Crippen LogP contribution in [0, 0.1) is 0 Å². The zero-order chi connectivity index (χ0) is 14.8. The summed E-state index contributed by atoms with van der Waals surface area (Å²) in [5.41, 5.74) is 6.14. The molecule has 0 aliphatic heterocycles. The molecule has 1 heterocycles. The molecule has 9 heteroatoms. The summed E-state index contributed by atoms with van der Waals surface area (Å²) in [6, 6.07) is 6.18. The van der Waals surface area contributed by atoms with Crippen LogP contribution in [0.1, 0.15) is 5.56 Å². The molecule has 1 aromatic heterocycles. The van der Waals surface area contributed by atoms with Gasteiger partial charge >= 0.3 is 0 Å². The average molecular weight is 295 g/mol. The number of nitrogens with two attached hydrogens (primary N) is 1. The average Bonchev–Trinajstić information content (AvgIpc) is 2.85. The molecule has 0 saturated carbocycles. The van der Waals surface area contributed by atoms with Gasteiger partial charge in [-0.05, 0) is 12.1 Å². The van der Waals surface area contributed by atoms with E-state index in [1.54, 1.807) is 25.2 Å². The van der Waals surface area contributed by atoms with Crippen LogP contribution in [0.5, 0.6) is 0 Å². The fourth-order valence-electron chi connectivity index (χ4n) is 1.53. The number of imidazole rings is 1. The highest BCUT2D eigenvalue weighted by Gasteiger charge is 2.17. The Balaban J connectivity index is 2.30. The van der Waals surface area contributed by atoms with Gasteiger partial charge in [0.2, 0.25) is 0 Å². The molecule has 1 aromatic carbocycles. The first-order valence-corrected chi connectivity index (χ1v) is 6.99. The fourth-order valence-corrected chi connectivity index (χ4v) is 2.57. The Bertz CT molecular complexity index is 751. The number of hydrogen-bond acceptors (Lipinski definition) is 5. The van der Waals surface area contributed by atoms with Crippen LogP contribution in [0.4, 0.5) is 5.69 Å². The van der Waals surface area contributed by atoms with Crippen molar-refractivity contribution in [3.05, 3.63) is 42.4 Å². The summed E-state index contributed by atoms with van der Waals surface area (Å²) >= 11 is 0. The lowest BCUT2D eigenvalue weighted by Crippen LogP contribution is -2.16. The van der Waals surface area contributed by atoms with Crippen molar-refractivity contribution in [2.45, 2.75) is 5.03 Å². The smallest absolute Gasteiger partial charge is 0.280 e. The molecule has 0 aliphatic rings. The molecular weight excluding hydrogens is 282 g/mol. The topological polar surface area (TPSA) is 123 Å². The van der Waals surface area contributed by atoms with E-state index in [0.717, 1.165) is 0 Å². The molecule has 4 N–H and O–H groups in total. The largest absolute Gasteiger partial charge is 0.409 e. The van der Waals surface area contributed by atoms with E-state index in [1.165, 1.54) is 23.2 Å². The molecule has 0 spiro atoms. The van der Waals surface area contributed by atoms with Gasteiger partial charge in [-0.25, -0.2) is 4.98 Å². The van der Waals surface area contributed by atoms with Gasteiger partial charge in [0.15, 0.2) is 10.9 Å². The summed E-state index contributed by atoms with van der Waals surface area (Å²) in [6.45, 7) is 0. The number of hydrogen-bond donors (Lipinski definition) is 3. The molecular formula is C11H13N5O3S. The lowest BCUT2D eigenvalue weighted by Gasteiger charge is -2.07. The zero-order valence-electron chi connectivity index (χ0n) is 10.6. The molecule has 20 heavy (non-hydrogen) atoms. The number of oxime groups is 1. The van der Waals surface area contributed by atoms with Crippen molar-refractivity contribution in [1.29, 1.82) is 0 Å². The summed E-state index contributed by atoms with van der Waals surface area (Å²) in [5, 5.41) is 11.4. The number of sulfonamides is 1. The number of nitrogens with zero attached hydrogens (tertiary/aromatic N) is 3. The lowest BCUT2D eigenvalue weighted by atomic mass is 10.2. The van der Waals surface area contributed by atoms with E-state index >= 15 is 0 Å². The quantitative estimate of drug-likeness (QED) is 0.324. The fraction of sp³-hybridized carbons (Fsp3) is 0.0909. The van der Waals surface area contributed by atoms with Gasteiger partial charge in [-0.15, -0.1) is 0 Å². The van der Waals surface area contributed by atoms with Crippen molar-refractivity contribution in [2.75, 3.05) is 4.72 Å². The van der Waals surface area contributed by atoms with Crippen molar-refractivity contribution in [3.8, 4) is 0 Å². The normalized spacial score (nSPS) is 12.3. The minimum atomic E-state index is -3.77. The maximum Gasteiger partial charge on any atom is 0.280 e. The predicted octanol–water partition coefficient (Wildman–Crippen LogP) is 0.315. The van der Waals surface area contributed by atoms with E-state index in [2.05, 4.69) is 14.9 Å². The number of nitrogens with one attached hydrogen (secondary N) is 1. The van der Waals surface area contributed by atoms with Gasteiger partial charge < -0.3 is 15.5 Å². The van der Waals surface area contributed by atoms with Crippen molar-refractivity contribution < 1.29 is 13.6 Å². The molecule has 0 radical (unpaired) electrons. The van der Waals surface area contributed by atoms with E-state index in [1.807, 2.05) is 0 Å². The molecule has 0 amide bonds. The van der Waals surface area contributed by atoms with Crippen LogP contribution in [-0.4, -0.2) is 29.0 Å². The number of aromatic nitrogens is 2. The first kappa shape index (κ1) is 13.9. The van der Waals surface area contributed by atoms with Gasteiger partial charge in [0, 0.05) is 24.5 Å². The molecule has 0 bridgehead atoms. The Morgan fingerprint density at radius 1 is 1.50 bits per heavy atom. The molecule has 2 aromatic rings. The minimum Gasteiger partial charge on any atom is -0.409 e. The summed E-state index contributed by atoms with van der Waals surface area (Å²) in [5.74, 6) is -0.108. The van der Waals surface area contributed by atoms with E-state index in [9.17, 15) is 8.42 Å². The molecule has 0 saturated heterocycles. The Morgan fingerprint density at radius 3 is 2.85 bits per heavy atom. The second-order valence-electron chi connectivity index (χ2n) is 4.05. The lowest BCUT2D eigenvalue weighted by molar-refractivity contribution is 0.318. The number of anilines is 1. The standard InChI is InChI=1S/C11H13N5O3S/c1-16-6-10(13-7-16)20(18,19)15-9-4-2-3-8(5-9)11(12)14-17/h2-7,15,17H,1H3,(H2,12,14). The molecule has 0 atom stereocenters. The Hall–Kier alpha value is -2.55. The van der Waals surface area contributed by atoms with Crippen molar-refractivity contribution >= 4 is 21.5 Å². The SMILES string of the molecule is Cn1cnc(S(=O)(=O)Nc2cccc(C(N)=NO)c2)c1. The van der Waals surface area contributed by atoms with Gasteiger partial charge in [-0.2, -0.15) is 8.42 Å². The zero-order valence-corrected chi connectivity index (χ0v) is 11.4. The van der Waals surface area contributed by atoms with Gasteiger partial charge in [-0.3, -0.25) is 4.72 Å². The third-order valence-electron chi connectivity index (χ3n) is 2.47. The summed E-state index contributed by atoms with van der Waals surface area (Å²) in [7, 11) is -2.10. The van der Waals surface area contributed by atoms with Crippen LogP contribution in [0.3, 0.4) is 0 Å². The van der Waals surface area contributed by atoms with Crippen molar-refractivity contribution in [2.24, 2.45) is 17.9 Å². The molecule has 2 rings (SSSR count). The number of benzene rings is 1. The summed E-state index contributed by atoms with van der Waals surface area (Å²) < 4.78 is 28.0. The minimum absolute atomic E-state index is 0.0887. The van der Waals surface area contributed by atoms with E-state index < -0.39 is 10.0 Å². The van der Waals surface area contributed by atoms with Gasteiger partial charge in [0.25, 0.3) is 10.0 Å². The van der Waals surface area contributed by atoms with E-state index in [-0.39, 0.29) is 10.9 Å². The van der Waals surface area contributed by atoms with Gasteiger partial charge in [-0.1, -0.05) is 17.3 Å². The highest BCUT2D eigenvalue weighted by Crippen LogP contribution is 2.15. The maximum atomic E-state index is 12.1. The Kier molecular flexibility index (Phi) is 3.61. The number of rotatable bonds is 4. The maximum absolute atomic E-state index is 12.1. The summed E-state index contributed by atoms with van der Waals surface area (Å²) in [4.78, 5) is 3.78. The molecule has 0 unspecified atom stereocenters. The van der Waals surface area contributed by atoms with Gasteiger partial charge in [0.1, 0.15) is 0 Å². The predicted molar refractivity (Wildman–Crippen MR) is 73.0 cm³/mol. The second-order valence-corrected chi connectivity index (χ2v) is 5.68. The van der Waals surface area contributed by atoms with Crippen LogP contribution in [-0.2, 0) is 17.1 Å². The highest BCUT2D eigenvalue weighted by molar-refractivity contribution is 7.92.